The van der Waals surface area contributed by atoms with Gasteiger partial charge in [0.2, 0.25) is 0 Å². The molecule has 1 N–H and O–H groups in total. The number of rotatable bonds is 5. The number of aryl methyl sites for hydroxylation is 1. The normalized spacial score (nSPS) is 11.2. The summed E-state index contributed by atoms with van der Waals surface area (Å²) >= 11 is 0. The van der Waals surface area contributed by atoms with Crippen LogP contribution in [0.15, 0.2) is 65.8 Å². The maximum Gasteiger partial charge on any atom is 0.272 e. The Balaban J connectivity index is 1.77. The average Bonchev–Trinajstić information content (AvgIpc) is 2.61. The van der Waals surface area contributed by atoms with Crippen LogP contribution in [-0.4, -0.2) is 18.2 Å². The summed E-state index contributed by atoms with van der Waals surface area (Å²) in [5.74, 6) is 0.560. The van der Waals surface area contributed by atoms with Crippen molar-refractivity contribution in [3.63, 3.8) is 0 Å². The molecule has 0 saturated heterocycles. The van der Waals surface area contributed by atoms with Gasteiger partial charge >= 0.3 is 0 Å². The predicted molar refractivity (Wildman–Crippen MR) is 106 cm³/mol. The second kappa shape index (κ2) is 7.83. The lowest BCUT2D eigenvalue weighted by Gasteiger charge is -2.10. The number of carbonyl (C=O) groups excluding carboxylic acids is 1. The van der Waals surface area contributed by atoms with Gasteiger partial charge in [-0.2, -0.15) is 5.10 Å². The highest BCUT2D eigenvalue weighted by molar-refractivity contribution is 6.08. The van der Waals surface area contributed by atoms with Gasteiger partial charge in [0.05, 0.1) is 17.9 Å². The van der Waals surface area contributed by atoms with Crippen molar-refractivity contribution in [2.24, 2.45) is 5.10 Å². The van der Waals surface area contributed by atoms with E-state index in [2.05, 4.69) is 10.5 Å². The van der Waals surface area contributed by atoms with Crippen LogP contribution >= 0.6 is 0 Å². The van der Waals surface area contributed by atoms with E-state index in [0.717, 1.165) is 27.6 Å². The van der Waals surface area contributed by atoms with Crippen LogP contribution in [0, 0.1) is 6.92 Å². The van der Waals surface area contributed by atoms with Crippen molar-refractivity contribution in [1.29, 1.82) is 0 Å². The molecule has 132 valence electrons. The molecule has 0 spiro atoms. The Morgan fingerprint density at radius 2 is 1.88 bits per heavy atom. The van der Waals surface area contributed by atoms with E-state index in [-0.39, 0.29) is 12.0 Å². The van der Waals surface area contributed by atoms with Gasteiger partial charge in [-0.05, 0) is 54.8 Å². The van der Waals surface area contributed by atoms with Gasteiger partial charge in [0, 0.05) is 0 Å². The van der Waals surface area contributed by atoms with Crippen molar-refractivity contribution in [3.05, 3.63) is 77.4 Å². The number of hydrogen-bond donors (Lipinski definition) is 1. The van der Waals surface area contributed by atoms with E-state index in [1.165, 1.54) is 0 Å². The number of benzene rings is 3. The molecule has 1 amide bonds. The van der Waals surface area contributed by atoms with E-state index in [1.54, 1.807) is 6.21 Å². The van der Waals surface area contributed by atoms with Gasteiger partial charge in [-0.1, -0.05) is 48.5 Å². The van der Waals surface area contributed by atoms with Gasteiger partial charge in [-0.3, -0.25) is 4.79 Å². The summed E-state index contributed by atoms with van der Waals surface area (Å²) in [5.41, 5.74) is 5.06. The summed E-state index contributed by atoms with van der Waals surface area (Å²) in [6.45, 7) is 5.89. The molecule has 0 heterocycles. The van der Waals surface area contributed by atoms with Crippen LogP contribution in [0.25, 0.3) is 10.8 Å². The summed E-state index contributed by atoms with van der Waals surface area (Å²) in [4.78, 5) is 12.6. The molecule has 0 unspecified atom stereocenters. The maximum absolute atomic E-state index is 12.6. The van der Waals surface area contributed by atoms with E-state index in [1.807, 2.05) is 81.4 Å². The van der Waals surface area contributed by atoms with Crippen LogP contribution in [0.3, 0.4) is 0 Å². The molecule has 0 aliphatic carbocycles. The number of hydrogen-bond acceptors (Lipinski definition) is 3. The van der Waals surface area contributed by atoms with E-state index in [4.69, 9.17) is 4.74 Å². The summed E-state index contributed by atoms with van der Waals surface area (Å²) < 4.78 is 5.67. The fourth-order valence-electron chi connectivity index (χ4n) is 2.84. The molecule has 0 atom stereocenters. The SMILES string of the molecule is Cc1ccc2ccccc2c1C(=O)N/N=C\c1cccc(OC(C)C)c1. The molecule has 26 heavy (non-hydrogen) atoms. The summed E-state index contributed by atoms with van der Waals surface area (Å²) in [6.07, 6.45) is 1.72. The lowest BCUT2D eigenvalue weighted by atomic mass is 9.99. The average molecular weight is 346 g/mol. The van der Waals surface area contributed by atoms with E-state index in [0.29, 0.717) is 5.56 Å². The third-order valence-corrected chi connectivity index (χ3v) is 3.97. The molecule has 4 heteroatoms. The number of fused-ring (bicyclic) bond motifs is 1. The minimum Gasteiger partial charge on any atom is -0.491 e. The third-order valence-electron chi connectivity index (χ3n) is 3.97. The first-order valence-electron chi connectivity index (χ1n) is 8.63. The van der Waals surface area contributed by atoms with Crippen molar-refractivity contribution in [3.8, 4) is 5.75 Å². The molecule has 3 rings (SSSR count). The van der Waals surface area contributed by atoms with E-state index >= 15 is 0 Å². The summed E-state index contributed by atoms with van der Waals surface area (Å²) in [6, 6.07) is 19.4. The molecular weight excluding hydrogens is 324 g/mol. The standard InChI is InChI=1S/C22H22N2O2/c1-15(2)26-19-9-6-7-17(13-19)14-23-24-22(25)21-16(3)11-12-18-8-4-5-10-20(18)21/h4-15H,1-3H3,(H,24,25)/b23-14-. The highest BCUT2D eigenvalue weighted by atomic mass is 16.5. The van der Waals surface area contributed by atoms with Gasteiger partial charge in [0.1, 0.15) is 5.75 Å². The lowest BCUT2D eigenvalue weighted by Crippen LogP contribution is -2.19. The van der Waals surface area contributed by atoms with E-state index in [9.17, 15) is 4.79 Å². The third kappa shape index (κ3) is 4.09. The zero-order chi connectivity index (χ0) is 18.5. The molecule has 0 radical (unpaired) electrons. The van der Waals surface area contributed by atoms with Crippen molar-refractivity contribution in [2.45, 2.75) is 26.9 Å². The Labute approximate surface area is 153 Å². The summed E-state index contributed by atoms with van der Waals surface area (Å²) in [5, 5.41) is 6.06. The molecule has 0 fully saturated rings. The Morgan fingerprint density at radius 1 is 1.08 bits per heavy atom. The van der Waals surface area contributed by atoms with Crippen molar-refractivity contribution in [2.75, 3.05) is 0 Å². The molecule has 3 aromatic carbocycles. The molecule has 0 bridgehead atoms. The first-order chi connectivity index (χ1) is 12.5. The first-order valence-corrected chi connectivity index (χ1v) is 8.63. The van der Waals surface area contributed by atoms with Crippen LogP contribution in [0.2, 0.25) is 0 Å². The fraction of sp³-hybridized carbons (Fsp3) is 0.182. The Morgan fingerprint density at radius 3 is 2.69 bits per heavy atom. The zero-order valence-electron chi connectivity index (χ0n) is 15.2. The number of nitrogens with one attached hydrogen (secondary N) is 1. The van der Waals surface area contributed by atoms with Crippen molar-refractivity contribution in [1.82, 2.24) is 5.43 Å². The van der Waals surface area contributed by atoms with E-state index < -0.39 is 0 Å². The number of ether oxygens (including phenoxy) is 1. The van der Waals surface area contributed by atoms with Crippen LogP contribution in [-0.2, 0) is 0 Å². The molecular formula is C22H22N2O2. The van der Waals surface area contributed by atoms with Gasteiger partial charge in [-0.15, -0.1) is 0 Å². The summed E-state index contributed by atoms with van der Waals surface area (Å²) in [7, 11) is 0. The van der Waals surface area contributed by atoms with Gasteiger partial charge in [0.25, 0.3) is 5.91 Å². The number of carbonyl (C=O) groups is 1. The van der Waals surface area contributed by atoms with Gasteiger partial charge in [0.15, 0.2) is 0 Å². The Hall–Kier alpha value is -3.14. The molecule has 0 aromatic heterocycles. The molecule has 3 aromatic rings. The highest BCUT2D eigenvalue weighted by Gasteiger charge is 2.12. The lowest BCUT2D eigenvalue weighted by molar-refractivity contribution is 0.0956. The van der Waals surface area contributed by atoms with Crippen LogP contribution in [0.4, 0.5) is 0 Å². The molecule has 0 saturated carbocycles. The van der Waals surface area contributed by atoms with Gasteiger partial charge < -0.3 is 4.74 Å². The minimum atomic E-state index is -0.217. The number of hydrazone groups is 1. The second-order valence-corrected chi connectivity index (χ2v) is 6.42. The van der Waals surface area contributed by atoms with Crippen LogP contribution < -0.4 is 10.2 Å². The first kappa shape index (κ1) is 17.7. The molecule has 0 aliphatic rings. The van der Waals surface area contributed by atoms with Gasteiger partial charge in [-0.25, -0.2) is 5.43 Å². The van der Waals surface area contributed by atoms with Crippen LogP contribution in [0.5, 0.6) is 5.75 Å². The highest BCUT2D eigenvalue weighted by Crippen LogP contribution is 2.22. The minimum absolute atomic E-state index is 0.108. The smallest absolute Gasteiger partial charge is 0.272 e. The largest absolute Gasteiger partial charge is 0.491 e. The topological polar surface area (TPSA) is 50.7 Å². The van der Waals surface area contributed by atoms with Crippen molar-refractivity contribution < 1.29 is 9.53 Å². The monoisotopic (exact) mass is 346 g/mol. The Bertz CT molecular complexity index is 961. The van der Waals surface area contributed by atoms with Crippen molar-refractivity contribution >= 4 is 22.9 Å². The molecule has 0 aliphatic heterocycles. The number of amides is 1. The predicted octanol–water partition coefficient (Wildman–Crippen LogP) is 4.70. The quantitative estimate of drug-likeness (QED) is 0.538. The molecule has 4 nitrogen and oxygen atoms in total. The fourth-order valence-corrected chi connectivity index (χ4v) is 2.84. The Kier molecular flexibility index (Phi) is 5.32. The van der Waals surface area contributed by atoms with Crippen LogP contribution in [0.1, 0.15) is 35.3 Å². The number of nitrogens with zero attached hydrogens (tertiary/aromatic N) is 1. The second-order valence-electron chi connectivity index (χ2n) is 6.42. The maximum atomic E-state index is 12.6. The zero-order valence-corrected chi connectivity index (χ0v) is 15.2.